The van der Waals surface area contributed by atoms with Crippen LogP contribution >= 0.6 is 0 Å². The predicted octanol–water partition coefficient (Wildman–Crippen LogP) is 2.49. The summed E-state index contributed by atoms with van der Waals surface area (Å²) < 4.78 is 0. The van der Waals surface area contributed by atoms with E-state index >= 15 is 0 Å². The molecule has 1 saturated heterocycles. The van der Waals surface area contributed by atoms with Crippen molar-refractivity contribution in [2.24, 2.45) is 5.92 Å². The zero-order valence-electron chi connectivity index (χ0n) is 14.9. The molecule has 1 atom stereocenters. The number of piperidine rings is 1. The van der Waals surface area contributed by atoms with Crippen molar-refractivity contribution in [3.63, 3.8) is 0 Å². The molecule has 0 bridgehead atoms. The number of nitrogens with one attached hydrogen (secondary N) is 2. The Morgan fingerprint density at radius 2 is 1.96 bits per heavy atom. The van der Waals surface area contributed by atoms with E-state index in [-0.39, 0.29) is 18.7 Å². The van der Waals surface area contributed by atoms with Crippen LogP contribution in [0.25, 0.3) is 0 Å². The van der Waals surface area contributed by atoms with Crippen LogP contribution in [0.1, 0.15) is 44.2 Å². The van der Waals surface area contributed by atoms with Crippen LogP contribution in [0.3, 0.4) is 0 Å². The van der Waals surface area contributed by atoms with Gasteiger partial charge in [-0.1, -0.05) is 31.2 Å². The van der Waals surface area contributed by atoms with E-state index in [4.69, 9.17) is 5.11 Å². The van der Waals surface area contributed by atoms with Crippen LogP contribution in [-0.2, 0) is 13.1 Å². The van der Waals surface area contributed by atoms with Gasteiger partial charge in [-0.2, -0.15) is 0 Å². The lowest BCUT2D eigenvalue weighted by molar-refractivity contribution is 0.185. The van der Waals surface area contributed by atoms with Crippen molar-refractivity contribution in [3.05, 3.63) is 35.4 Å². The molecule has 1 aromatic rings. The number of likely N-dealkylation sites (tertiary alicyclic amines) is 1. The van der Waals surface area contributed by atoms with Crippen LogP contribution < -0.4 is 10.6 Å². The molecule has 2 amide bonds. The van der Waals surface area contributed by atoms with E-state index in [1.807, 2.05) is 13.0 Å². The molecular formula is C19H31N3O2. The summed E-state index contributed by atoms with van der Waals surface area (Å²) in [5.74, 6) is 0.836. The lowest BCUT2D eigenvalue weighted by atomic mass is 9.98. The van der Waals surface area contributed by atoms with E-state index in [9.17, 15) is 4.79 Å². The van der Waals surface area contributed by atoms with Gasteiger partial charge in [-0.3, -0.25) is 4.90 Å². The minimum Gasteiger partial charge on any atom is -0.396 e. The van der Waals surface area contributed by atoms with Gasteiger partial charge in [0.1, 0.15) is 0 Å². The van der Waals surface area contributed by atoms with Gasteiger partial charge in [-0.05, 0) is 56.3 Å². The highest BCUT2D eigenvalue weighted by Gasteiger charge is 2.17. The van der Waals surface area contributed by atoms with Gasteiger partial charge >= 0.3 is 6.03 Å². The SMILES string of the molecule is CC1CCN(Cc2ccccc2CNC(=O)N[C@H](C)CCO)CC1. The Kier molecular flexibility index (Phi) is 7.53. The molecular weight excluding hydrogens is 302 g/mol. The Balaban J connectivity index is 1.85. The Labute approximate surface area is 145 Å². The minimum atomic E-state index is -0.183. The maximum Gasteiger partial charge on any atom is 0.315 e. The molecule has 5 nitrogen and oxygen atoms in total. The fourth-order valence-electron chi connectivity index (χ4n) is 3.06. The Morgan fingerprint density at radius 3 is 2.62 bits per heavy atom. The quantitative estimate of drug-likeness (QED) is 0.718. The number of aliphatic hydroxyl groups is 1. The molecule has 24 heavy (non-hydrogen) atoms. The van der Waals surface area contributed by atoms with Crippen molar-refractivity contribution in [3.8, 4) is 0 Å². The molecule has 1 heterocycles. The maximum atomic E-state index is 11.9. The van der Waals surface area contributed by atoms with Gasteiger partial charge in [0, 0.05) is 25.7 Å². The summed E-state index contributed by atoms with van der Waals surface area (Å²) in [7, 11) is 0. The fraction of sp³-hybridized carbons (Fsp3) is 0.632. The van der Waals surface area contributed by atoms with E-state index in [2.05, 4.69) is 40.7 Å². The molecule has 3 N–H and O–H groups in total. The molecule has 0 saturated carbocycles. The second-order valence-corrected chi connectivity index (χ2v) is 6.97. The summed E-state index contributed by atoms with van der Waals surface area (Å²) in [5.41, 5.74) is 2.46. The summed E-state index contributed by atoms with van der Waals surface area (Å²) in [6.07, 6.45) is 3.11. The monoisotopic (exact) mass is 333 g/mol. The van der Waals surface area contributed by atoms with Gasteiger partial charge in [-0.15, -0.1) is 0 Å². The number of carbonyl (C=O) groups excluding carboxylic acids is 1. The van der Waals surface area contributed by atoms with E-state index in [0.29, 0.717) is 13.0 Å². The highest BCUT2D eigenvalue weighted by atomic mass is 16.3. The lowest BCUT2D eigenvalue weighted by Gasteiger charge is -2.30. The smallest absolute Gasteiger partial charge is 0.315 e. The summed E-state index contributed by atoms with van der Waals surface area (Å²) in [6, 6.07) is 8.11. The molecule has 134 valence electrons. The standard InChI is InChI=1S/C19H31N3O2/c1-15-7-10-22(11-8-15)14-18-6-4-3-5-17(18)13-20-19(24)21-16(2)9-12-23/h3-6,15-16,23H,7-14H2,1-2H3,(H2,20,21,24)/t16-/m1/s1. The number of amides is 2. The van der Waals surface area contributed by atoms with Crippen molar-refractivity contribution in [1.82, 2.24) is 15.5 Å². The van der Waals surface area contributed by atoms with Crippen LogP contribution in [0.2, 0.25) is 0 Å². The van der Waals surface area contributed by atoms with Crippen LogP contribution in [0.4, 0.5) is 4.79 Å². The van der Waals surface area contributed by atoms with Crippen LogP contribution in [-0.4, -0.2) is 41.8 Å². The molecule has 1 fully saturated rings. The van der Waals surface area contributed by atoms with Crippen molar-refractivity contribution < 1.29 is 9.90 Å². The number of carbonyl (C=O) groups is 1. The molecule has 0 radical (unpaired) electrons. The summed E-state index contributed by atoms with van der Waals surface area (Å²) >= 11 is 0. The summed E-state index contributed by atoms with van der Waals surface area (Å²) in [6.45, 7) is 8.08. The Hall–Kier alpha value is -1.59. The molecule has 1 aromatic carbocycles. The molecule has 1 aliphatic heterocycles. The lowest BCUT2D eigenvalue weighted by Crippen LogP contribution is -2.41. The van der Waals surface area contributed by atoms with Crippen molar-refractivity contribution >= 4 is 6.03 Å². The zero-order chi connectivity index (χ0) is 17.4. The number of nitrogens with zero attached hydrogens (tertiary/aromatic N) is 1. The van der Waals surface area contributed by atoms with E-state index in [1.54, 1.807) is 0 Å². The number of aliphatic hydroxyl groups excluding tert-OH is 1. The van der Waals surface area contributed by atoms with Crippen molar-refractivity contribution in [2.45, 2.75) is 52.2 Å². The predicted molar refractivity (Wildman–Crippen MR) is 96.7 cm³/mol. The molecule has 1 aliphatic rings. The summed E-state index contributed by atoms with van der Waals surface area (Å²) in [5, 5.41) is 14.6. The first-order valence-electron chi connectivity index (χ1n) is 9.03. The first-order valence-corrected chi connectivity index (χ1v) is 9.03. The second-order valence-electron chi connectivity index (χ2n) is 6.97. The van der Waals surface area contributed by atoms with E-state index < -0.39 is 0 Å². The van der Waals surface area contributed by atoms with Crippen LogP contribution in [0, 0.1) is 5.92 Å². The normalized spacial score (nSPS) is 17.5. The highest BCUT2D eigenvalue weighted by Crippen LogP contribution is 2.19. The first-order chi connectivity index (χ1) is 11.6. The first kappa shape index (κ1) is 18.7. The van der Waals surface area contributed by atoms with Gasteiger partial charge in [-0.25, -0.2) is 4.79 Å². The molecule has 5 heteroatoms. The van der Waals surface area contributed by atoms with Crippen molar-refractivity contribution in [2.75, 3.05) is 19.7 Å². The number of urea groups is 1. The molecule has 0 aromatic heterocycles. The number of hydrogen-bond donors (Lipinski definition) is 3. The van der Waals surface area contributed by atoms with Gasteiger partial charge < -0.3 is 15.7 Å². The largest absolute Gasteiger partial charge is 0.396 e. The average Bonchev–Trinajstić information content (AvgIpc) is 2.56. The molecule has 0 aliphatic carbocycles. The Bertz CT molecular complexity index is 513. The van der Waals surface area contributed by atoms with E-state index in [0.717, 1.165) is 25.6 Å². The van der Waals surface area contributed by atoms with Crippen LogP contribution in [0.15, 0.2) is 24.3 Å². The van der Waals surface area contributed by atoms with Gasteiger partial charge in [0.2, 0.25) is 0 Å². The molecule has 0 unspecified atom stereocenters. The highest BCUT2D eigenvalue weighted by molar-refractivity contribution is 5.74. The number of hydrogen-bond acceptors (Lipinski definition) is 3. The topological polar surface area (TPSA) is 64.6 Å². The van der Waals surface area contributed by atoms with Gasteiger partial charge in [0.25, 0.3) is 0 Å². The molecule has 0 spiro atoms. The maximum absolute atomic E-state index is 11.9. The minimum absolute atomic E-state index is 0.0272. The second kappa shape index (κ2) is 9.64. The summed E-state index contributed by atoms with van der Waals surface area (Å²) in [4.78, 5) is 14.4. The Morgan fingerprint density at radius 1 is 1.29 bits per heavy atom. The van der Waals surface area contributed by atoms with Gasteiger partial charge in [0.05, 0.1) is 0 Å². The molecule has 2 rings (SSSR count). The zero-order valence-corrected chi connectivity index (χ0v) is 14.9. The number of rotatable bonds is 7. The van der Waals surface area contributed by atoms with Crippen molar-refractivity contribution in [1.29, 1.82) is 0 Å². The fourth-order valence-corrected chi connectivity index (χ4v) is 3.06. The van der Waals surface area contributed by atoms with E-state index in [1.165, 1.54) is 24.0 Å². The number of benzene rings is 1. The third-order valence-corrected chi connectivity index (χ3v) is 4.77. The average molecular weight is 333 g/mol. The third kappa shape index (κ3) is 6.13. The third-order valence-electron chi connectivity index (χ3n) is 4.77. The van der Waals surface area contributed by atoms with Crippen LogP contribution in [0.5, 0.6) is 0 Å². The van der Waals surface area contributed by atoms with Gasteiger partial charge in [0.15, 0.2) is 0 Å².